The average Bonchev–Trinajstić information content (AvgIpc) is 2.23. The number of aryl methyl sites for hydroxylation is 1. The summed E-state index contributed by atoms with van der Waals surface area (Å²) in [6, 6.07) is 5.14. The highest BCUT2D eigenvalue weighted by Crippen LogP contribution is 2.29. The Bertz CT molecular complexity index is 341. The van der Waals surface area contributed by atoms with Crippen molar-refractivity contribution in [1.82, 2.24) is 5.32 Å². The first kappa shape index (κ1) is 9.72. The third kappa shape index (κ3) is 1.46. The molecule has 1 aromatic rings. The Morgan fingerprint density at radius 2 is 2.14 bits per heavy atom. The first-order valence-corrected chi connectivity index (χ1v) is 5.56. The van der Waals surface area contributed by atoms with E-state index in [4.69, 9.17) is 0 Å². The molecule has 1 atom stereocenters. The molecule has 14 heavy (non-hydrogen) atoms. The van der Waals surface area contributed by atoms with E-state index < -0.39 is 0 Å². The van der Waals surface area contributed by atoms with Crippen LogP contribution < -0.4 is 5.32 Å². The molecule has 0 radical (unpaired) electrons. The van der Waals surface area contributed by atoms with E-state index in [1.165, 1.54) is 24.0 Å². The van der Waals surface area contributed by atoms with E-state index in [-0.39, 0.29) is 0 Å². The van der Waals surface area contributed by atoms with Crippen molar-refractivity contribution >= 4 is 0 Å². The predicted molar refractivity (Wildman–Crippen MR) is 60.7 cm³/mol. The van der Waals surface area contributed by atoms with E-state index >= 15 is 0 Å². The third-order valence-electron chi connectivity index (χ3n) is 3.42. The van der Waals surface area contributed by atoms with Gasteiger partial charge in [-0.05, 0) is 55.5 Å². The molecular weight excluding hydrogens is 170 g/mol. The van der Waals surface area contributed by atoms with Gasteiger partial charge < -0.3 is 5.32 Å². The predicted octanol–water partition coefficient (Wildman–Crippen LogP) is 2.90. The molecule has 0 amide bonds. The van der Waals surface area contributed by atoms with Gasteiger partial charge in [-0.15, -0.1) is 0 Å². The maximum Gasteiger partial charge on any atom is 0.0323 e. The molecule has 0 fully saturated rings. The third-order valence-corrected chi connectivity index (χ3v) is 3.42. The van der Waals surface area contributed by atoms with Crippen LogP contribution in [0.4, 0.5) is 0 Å². The van der Waals surface area contributed by atoms with Crippen LogP contribution >= 0.6 is 0 Å². The molecule has 1 heteroatoms. The smallest absolute Gasteiger partial charge is 0.0323 e. The van der Waals surface area contributed by atoms with E-state index in [1.807, 2.05) is 0 Å². The summed E-state index contributed by atoms with van der Waals surface area (Å²) in [4.78, 5) is 0. The van der Waals surface area contributed by atoms with Gasteiger partial charge in [0.15, 0.2) is 0 Å². The molecule has 2 rings (SSSR count). The Morgan fingerprint density at radius 1 is 1.36 bits per heavy atom. The molecule has 0 bridgehead atoms. The zero-order valence-corrected chi connectivity index (χ0v) is 9.35. The molecule has 1 unspecified atom stereocenters. The van der Waals surface area contributed by atoms with Gasteiger partial charge in [0.2, 0.25) is 0 Å². The second-order valence-corrected chi connectivity index (χ2v) is 4.25. The number of hydrogen-bond acceptors (Lipinski definition) is 1. The molecule has 1 aliphatic rings. The lowest BCUT2D eigenvalue weighted by atomic mass is 9.87. The minimum Gasteiger partial charge on any atom is -0.310 e. The lowest BCUT2D eigenvalue weighted by Gasteiger charge is -2.28. The van der Waals surface area contributed by atoms with Gasteiger partial charge in [-0.3, -0.25) is 0 Å². The van der Waals surface area contributed by atoms with Crippen molar-refractivity contribution < 1.29 is 0 Å². The van der Waals surface area contributed by atoms with Gasteiger partial charge in [-0.2, -0.15) is 0 Å². The van der Waals surface area contributed by atoms with Crippen LogP contribution in [0.5, 0.6) is 0 Å². The second-order valence-electron chi connectivity index (χ2n) is 4.25. The fraction of sp³-hybridized carbons (Fsp3) is 0.538. The Labute approximate surface area is 86.5 Å². The van der Waals surface area contributed by atoms with E-state index in [0.717, 1.165) is 6.54 Å². The summed E-state index contributed by atoms with van der Waals surface area (Å²) in [6.07, 6.45) is 2.38. The largest absolute Gasteiger partial charge is 0.310 e. The number of fused-ring (bicyclic) bond motifs is 1. The van der Waals surface area contributed by atoms with Crippen LogP contribution in [0.1, 0.15) is 41.6 Å². The highest BCUT2D eigenvalue weighted by molar-refractivity contribution is 5.43. The first-order chi connectivity index (χ1) is 6.74. The molecule has 76 valence electrons. The molecule has 0 saturated heterocycles. The van der Waals surface area contributed by atoms with Gasteiger partial charge in [-0.25, -0.2) is 0 Å². The molecule has 1 aromatic carbocycles. The van der Waals surface area contributed by atoms with Crippen molar-refractivity contribution in [2.75, 3.05) is 6.54 Å². The molecule has 1 nitrogen and oxygen atoms in total. The standard InChI is InChI=1S/C13H19N/c1-4-12-13-10(3)9(2)5-6-11(13)7-8-14-12/h5-6,12,14H,4,7-8H2,1-3H3. The zero-order valence-electron chi connectivity index (χ0n) is 9.35. The van der Waals surface area contributed by atoms with Crippen LogP contribution in [0.2, 0.25) is 0 Å². The van der Waals surface area contributed by atoms with E-state index in [1.54, 1.807) is 11.1 Å². The maximum atomic E-state index is 3.59. The highest BCUT2D eigenvalue weighted by atomic mass is 14.9. The molecule has 1 N–H and O–H groups in total. The van der Waals surface area contributed by atoms with Crippen LogP contribution in [0.15, 0.2) is 12.1 Å². The highest BCUT2D eigenvalue weighted by Gasteiger charge is 2.20. The van der Waals surface area contributed by atoms with Crippen LogP contribution in [0, 0.1) is 13.8 Å². The lowest BCUT2D eigenvalue weighted by molar-refractivity contribution is 0.490. The van der Waals surface area contributed by atoms with E-state index in [0.29, 0.717) is 6.04 Å². The fourth-order valence-corrected chi connectivity index (χ4v) is 2.43. The summed E-state index contributed by atoms with van der Waals surface area (Å²) in [5.74, 6) is 0. The number of benzene rings is 1. The summed E-state index contributed by atoms with van der Waals surface area (Å²) in [5, 5.41) is 3.59. The summed E-state index contributed by atoms with van der Waals surface area (Å²) < 4.78 is 0. The van der Waals surface area contributed by atoms with E-state index in [2.05, 4.69) is 38.2 Å². The second kappa shape index (κ2) is 3.74. The van der Waals surface area contributed by atoms with E-state index in [9.17, 15) is 0 Å². The van der Waals surface area contributed by atoms with Crippen molar-refractivity contribution in [1.29, 1.82) is 0 Å². The van der Waals surface area contributed by atoms with Crippen molar-refractivity contribution in [3.8, 4) is 0 Å². The monoisotopic (exact) mass is 189 g/mol. The van der Waals surface area contributed by atoms with Gasteiger partial charge in [0.1, 0.15) is 0 Å². The fourth-order valence-electron chi connectivity index (χ4n) is 2.43. The average molecular weight is 189 g/mol. The molecule has 0 aliphatic carbocycles. The lowest BCUT2D eigenvalue weighted by Crippen LogP contribution is -2.30. The summed E-state index contributed by atoms with van der Waals surface area (Å²) in [5.41, 5.74) is 6.03. The number of nitrogens with one attached hydrogen (secondary N) is 1. The molecule has 0 saturated carbocycles. The van der Waals surface area contributed by atoms with Gasteiger partial charge in [-0.1, -0.05) is 19.1 Å². The maximum absolute atomic E-state index is 3.59. The SMILES string of the molecule is CCC1NCCc2ccc(C)c(C)c21. The molecule has 0 aromatic heterocycles. The van der Waals surface area contributed by atoms with Gasteiger partial charge >= 0.3 is 0 Å². The summed E-state index contributed by atoms with van der Waals surface area (Å²) >= 11 is 0. The zero-order chi connectivity index (χ0) is 10.1. The van der Waals surface area contributed by atoms with Gasteiger partial charge in [0.25, 0.3) is 0 Å². The Kier molecular flexibility index (Phi) is 2.60. The van der Waals surface area contributed by atoms with Crippen LogP contribution in [0.3, 0.4) is 0 Å². The normalized spacial score (nSPS) is 20.6. The molecular formula is C13H19N. The quantitative estimate of drug-likeness (QED) is 0.716. The first-order valence-electron chi connectivity index (χ1n) is 5.56. The molecule has 0 spiro atoms. The Balaban J connectivity index is 2.53. The number of hydrogen-bond donors (Lipinski definition) is 1. The van der Waals surface area contributed by atoms with Gasteiger partial charge in [0.05, 0.1) is 0 Å². The minimum atomic E-state index is 0.582. The Hall–Kier alpha value is -0.820. The van der Waals surface area contributed by atoms with Crippen LogP contribution in [-0.2, 0) is 6.42 Å². The topological polar surface area (TPSA) is 12.0 Å². The molecule has 1 aliphatic heterocycles. The van der Waals surface area contributed by atoms with Crippen LogP contribution in [0.25, 0.3) is 0 Å². The van der Waals surface area contributed by atoms with Crippen molar-refractivity contribution in [2.45, 2.75) is 39.7 Å². The molecule has 1 heterocycles. The minimum absolute atomic E-state index is 0.582. The van der Waals surface area contributed by atoms with Crippen molar-refractivity contribution in [2.24, 2.45) is 0 Å². The summed E-state index contributed by atoms with van der Waals surface area (Å²) in [7, 11) is 0. The van der Waals surface area contributed by atoms with Gasteiger partial charge in [0, 0.05) is 6.04 Å². The summed E-state index contributed by atoms with van der Waals surface area (Å²) in [6.45, 7) is 7.85. The van der Waals surface area contributed by atoms with Crippen molar-refractivity contribution in [3.63, 3.8) is 0 Å². The van der Waals surface area contributed by atoms with Crippen molar-refractivity contribution in [3.05, 3.63) is 34.4 Å². The van der Waals surface area contributed by atoms with Crippen LogP contribution in [-0.4, -0.2) is 6.54 Å². The number of rotatable bonds is 1. The Morgan fingerprint density at radius 3 is 2.86 bits per heavy atom.